The molecular weight excluding hydrogens is 456 g/mol. The summed E-state index contributed by atoms with van der Waals surface area (Å²) in [5.74, 6) is -0.704. The summed E-state index contributed by atoms with van der Waals surface area (Å²) < 4.78 is 0. The Balaban J connectivity index is 1.72. The fraction of sp³-hybridized carbons (Fsp3) is 0.565. The number of aryl methyl sites for hydroxylation is 1. The van der Waals surface area contributed by atoms with Gasteiger partial charge in [0, 0.05) is 37.8 Å². The predicted octanol–water partition coefficient (Wildman–Crippen LogP) is 1.60. The normalized spacial score (nSPS) is 20.0. The number of carbonyl (C=O) groups excluding carboxylic acids is 3. The molecule has 0 spiro atoms. The van der Waals surface area contributed by atoms with Gasteiger partial charge < -0.3 is 20.6 Å². The fourth-order valence-electron chi connectivity index (χ4n) is 3.96. The molecule has 3 amide bonds. The summed E-state index contributed by atoms with van der Waals surface area (Å²) in [5, 5.41) is 15.8. The van der Waals surface area contributed by atoms with Gasteiger partial charge in [0.2, 0.25) is 17.7 Å². The summed E-state index contributed by atoms with van der Waals surface area (Å²) in [7, 11) is 0. The number of nitrogens with zero attached hydrogens (tertiary/aromatic N) is 4. The zero-order valence-electron chi connectivity index (χ0n) is 20.3. The number of β-amino-alcohol motifs (C(OH)–C–C–N with tert-alkyl or cyclic N) is 1. The predicted molar refractivity (Wildman–Crippen MR) is 128 cm³/mol. The molecule has 0 radical (unpaired) electrons. The molecule has 184 valence electrons. The zero-order valence-corrected chi connectivity index (χ0v) is 21.1. The van der Waals surface area contributed by atoms with Crippen molar-refractivity contribution >= 4 is 29.1 Å². The van der Waals surface area contributed by atoms with Crippen molar-refractivity contribution in [3.8, 4) is 10.4 Å². The van der Waals surface area contributed by atoms with E-state index in [-0.39, 0.29) is 18.9 Å². The molecule has 3 rings (SSSR count). The Bertz CT molecular complexity index is 1050. The topological polar surface area (TPSA) is 137 Å². The highest BCUT2D eigenvalue weighted by atomic mass is 32.1. The fourth-order valence-corrected chi connectivity index (χ4v) is 4.74. The van der Waals surface area contributed by atoms with Crippen LogP contribution in [-0.4, -0.2) is 67.4 Å². The minimum absolute atomic E-state index is 0.0247. The van der Waals surface area contributed by atoms with E-state index < -0.39 is 41.5 Å². The van der Waals surface area contributed by atoms with Crippen LogP contribution >= 0.6 is 11.3 Å². The number of hydrogen-bond acceptors (Lipinski definition) is 8. The van der Waals surface area contributed by atoms with Crippen molar-refractivity contribution in [2.24, 2.45) is 5.41 Å². The lowest BCUT2D eigenvalue weighted by molar-refractivity contribution is -0.144. The van der Waals surface area contributed by atoms with E-state index in [1.54, 1.807) is 24.8 Å². The van der Waals surface area contributed by atoms with Gasteiger partial charge in [-0.3, -0.25) is 14.4 Å². The lowest BCUT2D eigenvalue weighted by atomic mass is 9.85. The maximum atomic E-state index is 13.3. The van der Waals surface area contributed by atoms with Crippen molar-refractivity contribution < 1.29 is 19.5 Å². The average molecular weight is 489 g/mol. The Morgan fingerprint density at radius 3 is 2.35 bits per heavy atom. The van der Waals surface area contributed by atoms with Crippen molar-refractivity contribution in [1.82, 2.24) is 30.5 Å². The molecule has 2 aromatic heterocycles. The number of aliphatic hydroxyl groups is 1. The van der Waals surface area contributed by atoms with E-state index in [2.05, 4.69) is 25.6 Å². The van der Waals surface area contributed by atoms with Crippen LogP contribution in [0, 0.1) is 12.3 Å². The molecule has 11 heteroatoms. The third-order valence-corrected chi connectivity index (χ3v) is 6.73. The lowest BCUT2D eigenvalue weighted by Crippen LogP contribution is -2.57. The molecule has 1 aliphatic heterocycles. The molecule has 2 aromatic rings. The number of amides is 3. The number of aliphatic hydroxyl groups excluding tert-OH is 1. The van der Waals surface area contributed by atoms with Crippen LogP contribution in [0.25, 0.3) is 10.4 Å². The van der Waals surface area contributed by atoms with Crippen LogP contribution in [0.15, 0.2) is 17.9 Å². The highest BCUT2D eigenvalue weighted by Crippen LogP contribution is 2.28. The number of hydrogen-bond donors (Lipinski definition) is 3. The van der Waals surface area contributed by atoms with Crippen molar-refractivity contribution in [1.29, 1.82) is 0 Å². The molecule has 1 fully saturated rings. The van der Waals surface area contributed by atoms with Crippen molar-refractivity contribution in [3.05, 3.63) is 29.4 Å². The molecule has 34 heavy (non-hydrogen) atoms. The minimum Gasteiger partial charge on any atom is -0.391 e. The zero-order chi connectivity index (χ0) is 25.2. The van der Waals surface area contributed by atoms with Gasteiger partial charge >= 0.3 is 0 Å². The first kappa shape index (κ1) is 25.7. The van der Waals surface area contributed by atoms with Gasteiger partial charge in [0.25, 0.3) is 0 Å². The van der Waals surface area contributed by atoms with Crippen molar-refractivity contribution in [2.45, 2.75) is 72.2 Å². The molecule has 0 unspecified atom stereocenters. The van der Waals surface area contributed by atoms with Crippen molar-refractivity contribution in [3.63, 3.8) is 0 Å². The third kappa shape index (κ3) is 5.76. The molecule has 0 aromatic carbocycles. The number of likely N-dealkylation sites (tertiary alicyclic amines) is 1. The van der Waals surface area contributed by atoms with Crippen LogP contribution < -0.4 is 10.6 Å². The largest absolute Gasteiger partial charge is 0.391 e. The standard InChI is InChI=1S/C23H32N6O4S/c1-12-18(34-11-26-12)15-8-24-20(25-9-15)13(2)27-21(32)17-7-16(31)10-29(17)22(33)19(23(4,5)6)28-14(3)30/h8-9,11,13,16-17,19,31H,7,10H2,1-6H3,(H,27,32)(H,28,30)/t13-,16+,17-,19+/m0/s1. The molecule has 3 N–H and O–H groups in total. The van der Waals surface area contributed by atoms with Crippen LogP contribution in [0.5, 0.6) is 0 Å². The van der Waals surface area contributed by atoms with E-state index in [1.165, 1.54) is 23.2 Å². The molecular formula is C23H32N6O4S. The Hall–Kier alpha value is -2.92. The Morgan fingerprint density at radius 2 is 1.82 bits per heavy atom. The summed E-state index contributed by atoms with van der Waals surface area (Å²) in [6.45, 7) is 10.6. The highest BCUT2D eigenvalue weighted by molar-refractivity contribution is 7.13. The molecule has 10 nitrogen and oxygen atoms in total. The number of aromatic nitrogens is 3. The van der Waals surface area contributed by atoms with E-state index in [0.717, 1.165) is 16.1 Å². The van der Waals surface area contributed by atoms with Crippen LogP contribution in [0.3, 0.4) is 0 Å². The number of rotatable bonds is 6. The summed E-state index contributed by atoms with van der Waals surface area (Å²) in [5.41, 5.74) is 2.95. The van der Waals surface area contributed by atoms with Gasteiger partial charge in [0.15, 0.2) is 0 Å². The van der Waals surface area contributed by atoms with E-state index in [9.17, 15) is 19.5 Å². The maximum Gasteiger partial charge on any atom is 0.246 e. The number of nitrogens with one attached hydrogen (secondary N) is 2. The summed E-state index contributed by atoms with van der Waals surface area (Å²) in [6.07, 6.45) is 2.68. The number of thiazole rings is 1. The Morgan fingerprint density at radius 1 is 1.18 bits per heavy atom. The molecule has 4 atom stereocenters. The number of carbonyl (C=O) groups is 3. The molecule has 3 heterocycles. The third-order valence-electron chi connectivity index (χ3n) is 5.75. The van der Waals surface area contributed by atoms with Crippen molar-refractivity contribution in [2.75, 3.05) is 6.54 Å². The van der Waals surface area contributed by atoms with Gasteiger partial charge in [0.05, 0.1) is 28.2 Å². The first-order valence-electron chi connectivity index (χ1n) is 11.2. The van der Waals surface area contributed by atoms with E-state index in [4.69, 9.17) is 0 Å². The molecule has 0 saturated carbocycles. The summed E-state index contributed by atoms with van der Waals surface area (Å²) in [6, 6.07) is -2.19. The smallest absolute Gasteiger partial charge is 0.246 e. The minimum atomic E-state index is -0.859. The van der Waals surface area contributed by atoms with Crippen LogP contribution in [0.1, 0.15) is 58.6 Å². The molecule has 0 bridgehead atoms. The summed E-state index contributed by atoms with van der Waals surface area (Å²) >= 11 is 1.51. The Labute approximate surface area is 203 Å². The van der Waals surface area contributed by atoms with Gasteiger partial charge in [-0.05, 0) is 19.3 Å². The second-order valence-corrected chi connectivity index (χ2v) is 10.6. The van der Waals surface area contributed by atoms with Gasteiger partial charge in [0.1, 0.15) is 17.9 Å². The van der Waals surface area contributed by atoms with Crippen LogP contribution in [-0.2, 0) is 14.4 Å². The van der Waals surface area contributed by atoms with Gasteiger partial charge in [-0.1, -0.05) is 20.8 Å². The molecule has 0 aliphatic carbocycles. The van der Waals surface area contributed by atoms with E-state index in [1.807, 2.05) is 27.7 Å². The van der Waals surface area contributed by atoms with Crippen LogP contribution in [0.4, 0.5) is 0 Å². The molecule has 1 saturated heterocycles. The second kappa shape index (κ2) is 10.1. The maximum absolute atomic E-state index is 13.3. The summed E-state index contributed by atoms with van der Waals surface area (Å²) in [4.78, 5) is 53.5. The van der Waals surface area contributed by atoms with E-state index >= 15 is 0 Å². The van der Waals surface area contributed by atoms with Crippen LogP contribution in [0.2, 0.25) is 0 Å². The highest BCUT2D eigenvalue weighted by Gasteiger charge is 2.44. The monoisotopic (exact) mass is 488 g/mol. The quantitative estimate of drug-likeness (QED) is 0.561. The molecule has 1 aliphatic rings. The Kier molecular flexibility index (Phi) is 7.67. The van der Waals surface area contributed by atoms with Gasteiger partial charge in [-0.25, -0.2) is 15.0 Å². The van der Waals surface area contributed by atoms with Gasteiger partial charge in [-0.2, -0.15) is 0 Å². The SMILES string of the molecule is CC(=O)N[C@H](C(=O)N1C[C@H](O)C[C@H]1C(=O)N[C@@H](C)c1ncc(-c2scnc2C)cn1)C(C)(C)C. The lowest BCUT2D eigenvalue weighted by Gasteiger charge is -2.35. The van der Waals surface area contributed by atoms with E-state index in [0.29, 0.717) is 5.82 Å². The average Bonchev–Trinajstić information content (AvgIpc) is 3.36. The van der Waals surface area contributed by atoms with Gasteiger partial charge in [-0.15, -0.1) is 11.3 Å². The first-order valence-corrected chi connectivity index (χ1v) is 12.0. The second-order valence-electron chi connectivity index (χ2n) is 9.72. The first-order chi connectivity index (χ1) is 15.9.